The van der Waals surface area contributed by atoms with Gasteiger partial charge in [0.15, 0.2) is 5.13 Å². The zero-order valence-electron chi connectivity index (χ0n) is 23.0. The summed E-state index contributed by atoms with van der Waals surface area (Å²) < 4.78 is 5.55. The number of nitrogens with zero attached hydrogens (tertiary/aromatic N) is 5. The number of hydrogen-bond acceptors (Lipinski definition) is 8. The molecular formula is C27H36N6O4S. The van der Waals surface area contributed by atoms with E-state index >= 15 is 0 Å². The van der Waals surface area contributed by atoms with Gasteiger partial charge < -0.3 is 24.8 Å². The lowest BCUT2D eigenvalue weighted by Crippen LogP contribution is -2.50. The zero-order chi connectivity index (χ0) is 27.4. The average molecular weight is 541 g/mol. The van der Waals surface area contributed by atoms with Crippen molar-refractivity contribution in [2.24, 2.45) is 5.92 Å². The molecule has 0 radical (unpaired) electrons. The van der Waals surface area contributed by atoms with Crippen LogP contribution in [0.3, 0.4) is 0 Å². The second kappa shape index (κ2) is 9.83. The van der Waals surface area contributed by atoms with Crippen molar-refractivity contribution in [3.8, 4) is 10.6 Å². The van der Waals surface area contributed by atoms with Gasteiger partial charge in [0.05, 0.1) is 21.8 Å². The lowest BCUT2D eigenvalue weighted by Gasteiger charge is -2.36. The second-order valence-electron chi connectivity index (χ2n) is 11.4. The van der Waals surface area contributed by atoms with E-state index in [-0.39, 0.29) is 23.9 Å². The third-order valence-corrected chi connectivity index (χ3v) is 8.33. The van der Waals surface area contributed by atoms with Gasteiger partial charge in [0.25, 0.3) is 5.91 Å². The number of aryl methyl sites for hydroxylation is 1. The van der Waals surface area contributed by atoms with Gasteiger partial charge in [0, 0.05) is 45.7 Å². The van der Waals surface area contributed by atoms with Crippen molar-refractivity contribution in [1.82, 2.24) is 19.8 Å². The molecule has 3 aliphatic rings. The maximum Gasteiger partial charge on any atom is 0.410 e. The molecule has 1 aliphatic carbocycles. The molecule has 2 aromatic rings. The van der Waals surface area contributed by atoms with Gasteiger partial charge in [-0.1, -0.05) is 11.3 Å². The van der Waals surface area contributed by atoms with E-state index in [9.17, 15) is 14.4 Å². The highest BCUT2D eigenvalue weighted by molar-refractivity contribution is 7.19. The number of fused-ring (bicyclic) bond motifs is 1. The number of carbonyl (C=O) groups excluding carboxylic acids is 3. The molecule has 0 bridgehead atoms. The van der Waals surface area contributed by atoms with Gasteiger partial charge in [0.2, 0.25) is 5.91 Å². The van der Waals surface area contributed by atoms with Crippen molar-refractivity contribution in [1.29, 1.82) is 0 Å². The molecule has 2 aliphatic heterocycles. The van der Waals surface area contributed by atoms with Crippen LogP contribution in [0.15, 0.2) is 6.07 Å². The third kappa shape index (κ3) is 5.34. The predicted octanol–water partition coefficient (Wildman–Crippen LogP) is 4.28. The van der Waals surface area contributed by atoms with Crippen LogP contribution in [0.2, 0.25) is 0 Å². The van der Waals surface area contributed by atoms with Crippen LogP contribution >= 0.6 is 11.3 Å². The number of amides is 3. The highest BCUT2D eigenvalue weighted by Crippen LogP contribution is 2.42. The molecule has 4 heterocycles. The summed E-state index contributed by atoms with van der Waals surface area (Å²) in [5.74, 6) is 1.07. The van der Waals surface area contributed by atoms with E-state index < -0.39 is 5.60 Å². The fourth-order valence-electron chi connectivity index (χ4n) is 5.11. The van der Waals surface area contributed by atoms with E-state index in [4.69, 9.17) is 9.72 Å². The number of carbonyl (C=O) groups is 3. The van der Waals surface area contributed by atoms with E-state index in [0.717, 1.165) is 34.7 Å². The van der Waals surface area contributed by atoms with Crippen molar-refractivity contribution in [3.05, 3.63) is 22.9 Å². The van der Waals surface area contributed by atoms with E-state index in [1.165, 1.54) is 18.3 Å². The number of nitrogens with one attached hydrogen (secondary N) is 1. The SMILES string of the molecule is CC(=O)Nc1nc(C)c(-c2cc3c(c(N4CCN(C(=O)OC(C)(C)C)CC4)n2)C(=O)N([C@@H](C)C2CC2)C3)s1. The van der Waals surface area contributed by atoms with Crippen LogP contribution in [0.4, 0.5) is 15.7 Å². The Labute approximate surface area is 227 Å². The maximum absolute atomic E-state index is 13.7. The number of pyridine rings is 1. The number of ether oxygens (including phenoxy) is 1. The summed E-state index contributed by atoms with van der Waals surface area (Å²) in [6.07, 6.45) is 2.00. The average Bonchev–Trinajstić information content (AvgIpc) is 3.55. The number of anilines is 2. The van der Waals surface area contributed by atoms with E-state index in [2.05, 4.69) is 22.1 Å². The van der Waals surface area contributed by atoms with Gasteiger partial charge in [-0.05, 0) is 65.0 Å². The number of thiazole rings is 1. The topological polar surface area (TPSA) is 108 Å². The fraction of sp³-hybridized carbons (Fsp3) is 0.593. The van der Waals surface area contributed by atoms with Crippen molar-refractivity contribution in [3.63, 3.8) is 0 Å². The fourth-order valence-corrected chi connectivity index (χ4v) is 6.09. The number of rotatable bonds is 5. The molecule has 5 rings (SSSR count). The Hall–Kier alpha value is -3.21. The molecule has 0 unspecified atom stereocenters. The highest BCUT2D eigenvalue weighted by atomic mass is 32.1. The van der Waals surface area contributed by atoms with Crippen molar-refractivity contribution < 1.29 is 19.1 Å². The van der Waals surface area contributed by atoms with Crippen LogP contribution in [0.1, 0.15) is 69.1 Å². The quantitative estimate of drug-likeness (QED) is 0.603. The van der Waals surface area contributed by atoms with Crippen molar-refractivity contribution >= 4 is 40.2 Å². The van der Waals surface area contributed by atoms with Crippen LogP contribution in [0.25, 0.3) is 10.6 Å². The minimum Gasteiger partial charge on any atom is -0.444 e. The first-order valence-corrected chi connectivity index (χ1v) is 14.1. The summed E-state index contributed by atoms with van der Waals surface area (Å²) in [6, 6.07) is 2.19. The van der Waals surface area contributed by atoms with Crippen molar-refractivity contribution in [2.75, 3.05) is 36.4 Å². The van der Waals surface area contributed by atoms with Gasteiger partial charge in [0.1, 0.15) is 11.4 Å². The standard InChI is InChI=1S/C27H36N6O4S/c1-15-22(38-25(28-15)29-17(3)34)20-13-19-14-33(16(2)18-7-8-18)24(35)21(19)23(30-20)31-9-11-32(12-10-31)26(36)37-27(4,5)6/h13,16,18H,7-12,14H2,1-6H3,(H,28,29,34)/t16-/m0/s1. The molecular weight excluding hydrogens is 504 g/mol. The molecule has 204 valence electrons. The molecule has 11 heteroatoms. The first kappa shape index (κ1) is 26.4. The van der Waals surface area contributed by atoms with Gasteiger partial charge in [-0.3, -0.25) is 9.59 Å². The molecule has 38 heavy (non-hydrogen) atoms. The Balaban J connectivity index is 1.47. The molecule has 1 atom stereocenters. The van der Waals surface area contributed by atoms with E-state index in [1.54, 1.807) is 4.90 Å². The van der Waals surface area contributed by atoms with E-state index in [0.29, 0.717) is 55.2 Å². The highest BCUT2D eigenvalue weighted by Gasteiger charge is 2.41. The van der Waals surface area contributed by atoms with Crippen molar-refractivity contribution in [2.45, 2.75) is 72.6 Å². The molecule has 2 fully saturated rings. The first-order chi connectivity index (χ1) is 17.9. The summed E-state index contributed by atoms with van der Waals surface area (Å²) in [7, 11) is 0. The van der Waals surface area contributed by atoms with E-state index in [1.807, 2.05) is 38.7 Å². The van der Waals surface area contributed by atoms with Crippen LogP contribution in [-0.2, 0) is 16.1 Å². The molecule has 0 spiro atoms. The maximum atomic E-state index is 13.7. The number of aromatic nitrogens is 2. The Bertz CT molecular complexity index is 1270. The molecule has 1 saturated heterocycles. The van der Waals surface area contributed by atoms with Gasteiger partial charge in [-0.15, -0.1) is 0 Å². The molecule has 10 nitrogen and oxygen atoms in total. The normalized spacial score (nSPS) is 18.5. The van der Waals surface area contributed by atoms with Gasteiger partial charge in [-0.2, -0.15) is 0 Å². The van der Waals surface area contributed by atoms with Crippen LogP contribution in [-0.4, -0.2) is 75.5 Å². The predicted molar refractivity (Wildman–Crippen MR) is 146 cm³/mol. The lowest BCUT2D eigenvalue weighted by molar-refractivity contribution is -0.114. The smallest absolute Gasteiger partial charge is 0.410 e. The van der Waals surface area contributed by atoms with Gasteiger partial charge >= 0.3 is 6.09 Å². The monoisotopic (exact) mass is 540 g/mol. The minimum atomic E-state index is -0.554. The van der Waals surface area contributed by atoms with Crippen LogP contribution < -0.4 is 10.2 Å². The second-order valence-corrected chi connectivity index (χ2v) is 12.4. The van der Waals surface area contributed by atoms with Crippen LogP contribution in [0.5, 0.6) is 0 Å². The third-order valence-electron chi connectivity index (χ3n) is 7.24. The summed E-state index contributed by atoms with van der Waals surface area (Å²) in [4.78, 5) is 54.1. The Morgan fingerprint density at radius 3 is 2.45 bits per heavy atom. The molecule has 2 aromatic heterocycles. The first-order valence-electron chi connectivity index (χ1n) is 13.2. The zero-order valence-corrected chi connectivity index (χ0v) is 23.8. The van der Waals surface area contributed by atoms with Crippen LogP contribution in [0, 0.1) is 12.8 Å². The summed E-state index contributed by atoms with van der Waals surface area (Å²) in [6.45, 7) is 13.7. The molecule has 3 amide bonds. The lowest BCUT2D eigenvalue weighted by atomic mass is 10.1. The number of hydrogen-bond donors (Lipinski definition) is 1. The summed E-state index contributed by atoms with van der Waals surface area (Å²) in [5.41, 5.74) is 2.59. The molecule has 0 aromatic carbocycles. The van der Waals surface area contributed by atoms with Gasteiger partial charge in [-0.25, -0.2) is 14.8 Å². The Kier molecular flexibility index (Phi) is 6.83. The summed E-state index contributed by atoms with van der Waals surface area (Å²) >= 11 is 1.38. The number of piperazine rings is 1. The summed E-state index contributed by atoms with van der Waals surface area (Å²) in [5, 5.41) is 3.29. The molecule has 1 N–H and O–H groups in total. The molecule has 1 saturated carbocycles. The minimum absolute atomic E-state index is 0.0305. The largest absolute Gasteiger partial charge is 0.444 e. The Morgan fingerprint density at radius 1 is 1.16 bits per heavy atom. The Morgan fingerprint density at radius 2 is 1.84 bits per heavy atom.